The standard InChI is InChI=1S/C15H15FN4S/c1-17-15-19-13(12-7-9-21-14(12)20-15)18-8-6-10-2-4-11(16)5-3-10/h2-5,7,9H,6,8H2,1H3,(H2,17,18,19,20). The second-order valence-electron chi connectivity index (χ2n) is 4.59. The van der Waals surface area contributed by atoms with E-state index in [0.29, 0.717) is 5.95 Å². The molecule has 0 atom stereocenters. The summed E-state index contributed by atoms with van der Waals surface area (Å²) in [6.45, 7) is 0.733. The number of nitrogens with zero attached hydrogens (tertiary/aromatic N) is 2. The maximum absolute atomic E-state index is 12.9. The number of hydrogen-bond acceptors (Lipinski definition) is 5. The van der Waals surface area contributed by atoms with Crippen LogP contribution in [0.1, 0.15) is 5.56 Å². The topological polar surface area (TPSA) is 49.8 Å². The number of rotatable bonds is 5. The van der Waals surface area contributed by atoms with Crippen LogP contribution in [0, 0.1) is 5.82 Å². The molecule has 108 valence electrons. The third-order valence-electron chi connectivity index (χ3n) is 3.17. The van der Waals surface area contributed by atoms with Crippen molar-refractivity contribution in [3.8, 4) is 0 Å². The monoisotopic (exact) mass is 302 g/mol. The minimum atomic E-state index is -0.207. The molecule has 0 aliphatic carbocycles. The fraction of sp³-hybridized carbons (Fsp3) is 0.200. The summed E-state index contributed by atoms with van der Waals surface area (Å²) in [5, 5.41) is 9.33. The molecule has 3 rings (SSSR count). The Morgan fingerprint density at radius 1 is 1.14 bits per heavy atom. The van der Waals surface area contributed by atoms with Crippen LogP contribution in [-0.2, 0) is 6.42 Å². The molecule has 0 fully saturated rings. The van der Waals surface area contributed by atoms with Crippen molar-refractivity contribution >= 4 is 33.3 Å². The quantitative estimate of drug-likeness (QED) is 0.757. The molecule has 4 nitrogen and oxygen atoms in total. The second-order valence-corrected chi connectivity index (χ2v) is 5.48. The van der Waals surface area contributed by atoms with Gasteiger partial charge in [0.05, 0.1) is 5.39 Å². The van der Waals surface area contributed by atoms with Gasteiger partial charge >= 0.3 is 0 Å². The number of fused-ring (bicyclic) bond motifs is 1. The lowest BCUT2D eigenvalue weighted by Crippen LogP contribution is -2.08. The van der Waals surface area contributed by atoms with Gasteiger partial charge in [-0.15, -0.1) is 11.3 Å². The zero-order valence-electron chi connectivity index (χ0n) is 11.6. The molecule has 3 aromatic rings. The highest BCUT2D eigenvalue weighted by atomic mass is 32.1. The first-order chi connectivity index (χ1) is 10.3. The average molecular weight is 302 g/mol. The maximum atomic E-state index is 12.9. The van der Waals surface area contributed by atoms with Gasteiger partial charge in [0.1, 0.15) is 16.5 Å². The molecule has 2 aromatic heterocycles. The Bertz CT molecular complexity index is 739. The minimum absolute atomic E-state index is 0.207. The number of hydrogen-bond donors (Lipinski definition) is 2. The Hall–Kier alpha value is -2.21. The molecule has 1 aromatic carbocycles. The van der Waals surface area contributed by atoms with Gasteiger partial charge in [-0.25, -0.2) is 9.37 Å². The largest absolute Gasteiger partial charge is 0.369 e. The van der Waals surface area contributed by atoms with Gasteiger partial charge < -0.3 is 10.6 Å². The Morgan fingerprint density at radius 3 is 2.71 bits per heavy atom. The van der Waals surface area contributed by atoms with Gasteiger partial charge in [-0.3, -0.25) is 0 Å². The van der Waals surface area contributed by atoms with Gasteiger partial charge in [-0.1, -0.05) is 12.1 Å². The van der Waals surface area contributed by atoms with E-state index in [1.807, 2.05) is 11.4 Å². The summed E-state index contributed by atoms with van der Waals surface area (Å²) in [5.41, 5.74) is 1.09. The first kappa shape index (κ1) is 13.8. The molecule has 2 N–H and O–H groups in total. The van der Waals surface area contributed by atoms with Crippen LogP contribution in [0.4, 0.5) is 16.2 Å². The van der Waals surface area contributed by atoms with Crippen molar-refractivity contribution in [2.75, 3.05) is 24.2 Å². The number of halogens is 1. The van der Waals surface area contributed by atoms with E-state index < -0.39 is 0 Å². The van der Waals surface area contributed by atoms with Crippen LogP contribution < -0.4 is 10.6 Å². The van der Waals surface area contributed by atoms with E-state index in [1.165, 1.54) is 12.1 Å². The predicted molar refractivity (Wildman–Crippen MR) is 85.6 cm³/mol. The van der Waals surface area contributed by atoms with Crippen LogP contribution >= 0.6 is 11.3 Å². The van der Waals surface area contributed by atoms with Crippen molar-refractivity contribution in [2.45, 2.75) is 6.42 Å². The molecule has 0 aliphatic rings. The summed E-state index contributed by atoms with van der Waals surface area (Å²) in [6, 6.07) is 8.58. The van der Waals surface area contributed by atoms with E-state index >= 15 is 0 Å². The summed E-state index contributed by atoms with van der Waals surface area (Å²) >= 11 is 1.59. The molecule has 6 heteroatoms. The van der Waals surface area contributed by atoms with Crippen molar-refractivity contribution in [1.82, 2.24) is 9.97 Å². The molecule has 0 saturated carbocycles. The van der Waals surface area contributed by atoms with Gasteiger partial charge in [0, 0.05) is 13.6 Å². The van der Waals surface area contributed by atoms with Crippen LogP contribution in [0.25, 0.3) is 10.2 Å². The van der Waals surface area contributed by atoms with E-state index in [-0.39, 0.29) is 5.82 Å². The molecule has 0 aliphatic heterocycles. The lowest BCUT2D eigenvalue weighted by atomic mass is 10.1. The predicted octanol–water partition coefficient (Wildman–Crippen LogP) is 3.53. The number of thiophene rings is 1. The number of nitrogens with one attached hydrogen (secondary N) is 2. The van der Waals surface area contributed by atoms with Crippen molar-refractivity contribution < 1.29 is 4.39 Å². The molecule has 0 radical (unpaired) electrons. The van der Waals surface area contributed by atoms with Gasteiger partial charge in [-0.05, 0) is 35.6 Å². The van der Waals surface area contributed by atoms with Crippen LogP contribution in [0.15, 0.2) is 35.7 Å². The van der Waals surface area contributed by atoms with E-state index in [4.69, 9.17) is 0 Å². The summed E-state index contributed by atoms with van der Waals surface area (Å²) in [5.74, 6) is 1.23. The summed E-state index contributed by atoms with van der Waals surface area (Å²) in [7, 11) is 1.80. The Kier molecular flexibility index (Phi) is 3.96. The first-order valence-corrected chi connectivity index (χ1v) is 7.55. The van der Waals surface area contributed by atoms with Crippen molar-refractivity contribution in [3.63, 3.8) is 0 Å². The van der Waals surface area contributed by atoms with Crippen LogP contribution in [0.3, 0.4) is 0 Å². The second kappa shape index (κ2) is 6.05. The van der Waals surface area contributed by atoms with Gasteiger partial charge in [-0.2, -0.15) is 4.98 Å². The highest BCUT2D eigenvalue weighted by Crippen LogP contribution is 2.26. The Labute approximate surface area is 126 Å². The maximum Gasteiger partial charge on any atom is 0.225 e. The van der Waals surface area contributed by atoms with Gasteiger partial charge in [0.15, 0.2) is 0 Å². The highest BCUT2D eigenvalue weighted by molar-refractivity contribution is 7.16. The molecular weight excluding hydrogens is 287 g/mol. The summed E-state index contributed by atoms with van der Waals surface area (Å²) in [6.07, 6.45) is 0.810. The van der Waals surface area contributed by atoms with Crippen LogP contribution in [0.5, 0.6) is 0 Å². The Balaban J connectivity index is 1.72. The van der Waals surface area contributed by atoms with Crippen LogP contribution in [0.2, 0.25) is 0 Å². The van der Waals surface area contributed by atoms with E-state index in [2.05, 4.69) is 20.6 Å². The molecule has 0 amide bonds. The van der Waals surface area contributed by atoms with Gasteiger partial charge in [0.2, 0.25) is 5.95 Å². The zero-order valence-corrected chi connectivity index (χ0v) is 12.4. The smallest absolute Gasteiger partial charge is 0.225 e. The first-order valence-electron chi connectivity index (χ1n) is 6.67. The average Bonchev–Trinajstić information content (AvgIpc) is 2.97. The summed E-state index contributed by atoms with van der Waals surface area (Å²) in [4.78, 5) is 9.81. The molecule has 0 bridgehead atoms. The lowest BCUT2D eigenvalue weighted by molar-refractivity contribution is 0.627. The minimum Gasteiger partial charge on any atom is -0.369 e. The molecule has 0 saturated heterocycles. The molecule has 2 heterocycles. The Morgan fingerprint density at radius 2 is 1.95 bits per heavy atom. The lowest BCUT2D eigenvalue weighted by Gasteiger charge is -2.08. The normalized spacial score (nSPS) is 10.8. The highest BCUT2D eigenvalue weighted by Gasteiger charge is 2.07. The SMILES string of the molecule is CNc1nc(NCCc2ccc(F)cc2)c2ccsc2n1. The van der Waals surface area contributed by atoms with E-state index in [1.54, 1.807) is 30.5 Å². The number of benzene rings is 1. The number of anilines is 2. The summed E-state index contributed by atoms with van der Waals surface area (Å²) < 4.78 is 12.9. The van der Waals surface area contributed by atoms with E-state index in [0.717, 1.165) is 34.6 Å². The molecule has 0 spiro atoms. The fourth-order valence-electron chi connectivity index (χ4n) is 2.08. The van der Waals surface area contributed by atoms with Crippen molar-refractivity contribution in [2.24, 2.45) is 0 Å². The molecule has 0 unspecified atom stereocenters. The van der Waals surface area contributed by atoms with Crippen LogP contribution in [-0.4, -0.2) is 23.6 Å². The van der Waals surface area contributed by atoms with Crippen molar-refractivity contribution in [3.05, 3.63) is 47.1 Å². The van der Waals surface area contributed by atoms with Gasteiger partial charge in [0.25, 0.3) is 0 Å². The fourth-order valence-corrected chi connectivity index (χ4v) is 2.84. The molecule has 21 heavy (non-hydrogen) atoms. The third-order valence-corrected chi connectivity index (χ3v) is 3.97. The molecular formula is C15H15FN4S. The van der Waals surface area contributed by atoms with Crippen molar-refractivity contribution in [1.29, 1.82) is 0 Å². The van der Waals surface area contributed by atoms with E-state index in [9.17, 15) is 4.39 Å². The zero-order chi connectivity index (χ0) is 14.7. The third kappa shape index (κ3) is 3.11. The number of aromatic nitrogens is 2.